The zero-order chi connectivity index (χ0) is 26.9. The fourth-order valence-electron chi connectivity index (χ4n) is 3.95. The average molecular weight is 531 g/mol. The smallest absolute Gasteiger partial charge is 0.344 e. The number of hydrogen-bond donors (Lipinski definition) is 1. The number of carbonyl (C=O) groups is 4. The summed E-state index contributed by atoms with van der Waals surface area (Å²) in [6, 6.07) is 4.47. The monoisotopic (exact) mass is 530 g/mol. The largest absolute Gasteiger partial charge is 0.478 e. The molecule has 0 fully saturated rings. The number of nitrogens with zero attached hydrogens (tertiary/aromatic N) is 1. The van der Waals surface area contributed by atoms with Crippen LogP contribution >= 0.6 is 11.8 Å². The molecule has 1 aromatic rings. The van der Waals surface area contributed by atoms with Gasteiger partial charge in [0.25, 0.3) is 0 Å². The fraction of sp³-hybridized carbons (Fsp3) is 0.423. The first kappa shape index (κ1) is 28.0. The predicted octanol–water partition coefficient (Wildman–Crippen LogP) is 2.66. The Morgan fingerprint density at radius 3 is 2.32 bits per heavy atom. The minimum absolute atomic E-state index is 0.0199. The fourth-order valence-corrected chi connectivity index (χ4v) is 4.40. The van der Waals surface area contributed by atoms with Crippen molar-refractivity contribution in [3.05, 3.63) is 47.7 Å². The maximum Gasteiger partial charge on any atom is 0.344 e. The molecule has 1 heterocycles. The van der Waals surface area contributed by atoms with Crippen LogP contribution in [0.5, 0.6) is 11.5 Å². The summed E-state index contributed by atoms with van der Waals surface area (Å²) in [5.41, 5.74) is 1.13. The van der Waals surface area contributed by atoms with E-state index < -0.39 is 24.5 Å². The summed E-state index contributed by atoms with van der Waals surface area (Å²) in [6.45, 7) is 3.36. The van der Waals surface area contributed by atoms with E-state index in [0.717, 1.165) is 5.57 Å². The van der Waals surface area contributed by atoms with Crippen molar-refractivity contribution in [3.63, 3.8) is 0 Å². The predicted molar refractivity (Wildman–Crippen MR) is 137 cm³/mol. The van der Waals surface area contributed by atoms with E-state index in [9.17, 15) is 19.2 Å². The number of hydrogen-bond acceptors (Lipinski definition) is 11. The Bertz CT molecular complexity index is 1130. The highest BCUT2D eigenvalue weighted by Gasteiger charge is 2.37. The van der Waals surface area contributed by atoms with E-state index in [1.165, 1.54) is 30.0 Å². The first-order chi connectivity index (χ1) is 17.8. The van der Waals surface area contributed by atoms with E-state index in [4.69, 9.17) is 24.4 Å². The van der Waals surface area contributed by atoms with E-state index >= 15 is 0 Å². The number of allylic oxidation sites excluding steroid dienone is 2. The summed E-state index contributed by atoms with van der Waals surface area (Å²) in [7, 11) is 0. The van der Waals surface area contributed by atoms with Crippen LogP contribution in [0.3, 0.4) is 0 Å². The molecule has 1 aromatic carbocycles. The highest BCUT2D eigenvalue weighted by atomic mass is 32.2. The maximum atomic E-state index is 13.1. The van der Waals surface area contributed by atoms with Gasteiger partial charge in [0, 0.05) is 18.3 Å². The first-order valence-corrected chi connectivity index (χ1v) is 13.0. The molecule has 3 rings (SSSR count). The lowest BCUT2D eigenvalue weighted by Gasteiger charge is -2.23. The summed E-state index contributed by atoms with van der Waals surface area (Å²) >= 11 is 1.24. The molecule has 10 nitrogen and oxygen atoms in total. The third kappa shape index (κ3) is 7.22. The van der Waals surface area contributed by atoms with Crippen LogP contribution in [0.2, 0.25) is 0 Å². The maximum absolute atomic E-state index is 13.1. The Hall–Kier alpha value is -3.60. The van der Waals surface area contributed by atoms with Crippen molar-refractivity contribution in [1.82, 2.24) is 4.90 Å². The van der Waals surface area contributed by atoms with Crippen LogP contribution in [0, 0.1) is 17.2 Å². The molecule has 2 atom stereocenters. The van der Waals surface area contributed by atoms with Gasteiger partial charge in [0.05, 0.1) is 36.6 Å². The highest BCUT2D eigenvalue weighted by molar-refractivity contribution is 8.13. The van der Waals surface area contributed by atoms with Gasteiger partial charge < -0.3 is 23.8 Å². The molecule has 0 spiro atoms. The van der Waals surface area contributed by atoms with Crippen LogP contribution in [0.15, 0.2) is 42.1 Å². The van der Waals surface area contributed by atoms with Crippen LogP contribution in [0.1, 0.15) is 24.2 Å². The summed E-state index contributed by atoms with van der Waals surface area (Å²) in [5, 5.41) is 8.31. The van der Waals surface area contributed by atoms with Gasteiger partial charge in [0.1, 0.15) is 0 Å². The number of ketones is 2. The van der Waals surface area contributed by atoms with E-state index in [1.54, 1.807) is 37.3 Å². The van der Waals surface area contributed by atoms with Crippen LogP contribution in [-0.2, 0) is 23.9 Å². The lowest BCUT2D eigenvalue weighted by molar-refractivity contribution is -0.146. The molecule has 37 heavy (non-hydrogen) atoms. The second kappa shape index (κ2) is 13.1. The summed E-state index contributed by atoms with van der Waals surface area (Å²) in [6.07, 6.45) is 7.15. The molecule has 0 radical (unpaired) electrons. The molecule has 1 aliphatic carbocycles. The molecule has 11 heteroatoms. The van der Waals surface area contributed by atoms with Crippen molar-refractivity contribution in [1.29, 1.82) is 5.41 Å². The standard InChI is InChI=1S/C26H30N2O8S/c1-4-33-23(30)14-35-21-9-7-16(10-22(21)36-15-24(31)34-5-2)20(29)13-28-11-17-6-8-18(26(27)37-3)25(32)19(17)12-28/h6-11,18-19,27H,4-5,12-15H2,1-3H3. The zero-order valence-corrected chi connectivity index (χ0v) is 21.8. The molecule has 1 aliphatic heterocycles. The Morgan fingerprint density at radius 2 is 1.70 bits per heavy atom. The third-order valence-electron chi connectivity index (χ3n) is 5.70. The SMILES string of the molecule is CCOC(=O)COc1ccc(C(=O)CN2C=C3C=CC(C(=N)SC)C(=O)C3C2)cc1OCC(=O)OCC. The van der Waals surface area contributed by atoms with Gasteiger partial charge in [-0.25, -0.2) is 9.59 Å². The molecule has 0 saturated heterocycles. The molecule has 0 bridgehead atoms. The van der Waals surface area contributed by atoms with E-state index in [0.29, 0.717) is 17.2 Å². The number of carbonyl (C=O) groups excluding carboxylic acids is 4. The minimum atomic E-state index is -0.590. The van der Waals surface area contributed by atoms with Gasteiger partial charge in [-0.05, 0) is 43.9 Å². The third-order valence-corrected chi connectivity index (χ3v) is 6.39. The van der Waals surface area contributed by atoms with Crippen LogP contribution in [-0.4, -0.2) is 79.2 Å². The van der Waals surface area contributed by atoms with Gasteiger partial charge in [0.2, 0.25) is 0 Å². The molecule has 1 N–H and O–H groups in total. The minimum Gasteiger partial charge on any atom is -0.478 e. The van der Waals surface area contributed by atoms with Crippen molar-refractivity contribution >= 4 is 40.3 Å². The van der Waals surface area contributed by atoms with Crippen LogP contribution < -0.4 is 9.47 Å². The normalized spacial score (nSPS) is 18.1. The summed E-state index contributed by atoms with van der Waals surface area (Å²) < 4.78 is 20.8. The number of esters is 2. The van der Waals surface area contributed by atoms with Crippen molar-refractivity contribution < 1.29 is 38.1 Å². The highest BCUT2D eigenvalue weighted by Crippen LogP contribution is 2.33. The molecular weight excluding hydrogens is 500 g/mol. The van der Waals surface area contributed by atoms with E-state index in [1.807, 2.05) is 6.08 Å². The average Bonchev–Trinajstić information content (AvgIpc) is 3.30. The van der Waals surface area contributed by atoms with Gasteiger partial charge in [-0.15, -0.1) is 11.8 Å². The molecule has 198 valence electrons. The number of Topliss-reactive ketones (excluding diaryl/α,β-unsaturated/α-hetero) is 2. The number of thioether (sulfide) groups is 1. The van der Waals surface area contributed by atoms with Crippen molar-refractivity contribution in [2.75, 3.05) is 45.8 Å². The number of fused-ring (bicyclic) bond motifs is 1. The molecule has 2 aliphatic rings. The van der Waals surface area contributed by atoms with Gasteiger partial charge in [-0.2, -0.15) is 0 Å². The van der Waals surface area contributed by atoms with Crippen molar-refractivity contribution in [2.24, 2.45) is 11.8 Å². The quantitative estimate of drug-likeness (QED) is 0.186. The van der Waals surface area contributed by atoms with Gasteiger partial charge in [-0.1, -0.05) is 12.2 Å². The van der Waals surface area contributed by atoms with Crippen molar-refractivity contribution in [2.45, 2.75) is 13.8 Å². The Kier molecular flexibility index (Phi) is 9.90. The lowest BCUT2D eigenvalue weighted by atomic mass is 9.84. The molecular formula is C26H30N2O8S. The number of nitrogens with one attached hydrogen (secondary N) is 1. The van der Waals surface area contributed by atoms with Crippen molar-refractivity contribution in [3.8, 4) is 11.5 Å². The van der Waals surface area contributed by atoms with Crippen LogP contribution in [0.4, 0.5) is 0 Å². The van der Waals surface area contributed by atoms with Gasteiger partial charge in [-0.3, -0.25) is 15.0 Å². The van der Waals surface area contributed by atoms with E-state index in [-0.39, 0.29) is 55.3 Å². The van der Waals surface area contributed by atoms with Crippen LogP contribution in [0.25, 0.3) is 0 Å². The van der Waals surface area contributed by atoms with Gasteiger partial charge in [0.15, 0.2) is 36.3 Å². The van der Waals surface area contributed by atoms with Gasteiger partial charge >= 0.3 is 11.9 Å². The number of ether oxygens (including phenoxy) is 4. The number of rotatable bonds is 12. The second-order valence-corrected chi connectivity index (χ2v) is 9.04. The summed E-state index contributed by atoms with van der Waals surface area (Å²) in [5.74, 6) is -2.09. The Labute approximate surface area is 219 Å². The Balaban J connectivity index is 1.70. The molecule has 0 aromatic heterocycles. The zero-order valence-electron chi connectivity index (χ0n) is 21.0. The lowest BCUT2D eigenvalue weighted by Crippen LogP contribution is -2.34. The topological polar surface area (TPSA) is 132 Å². The number of benzene rings is 1. The first-order valence-electron chi connectivity index (χ1n) is 11.8. The molecule has 2 unspecified atom stereocenters. The second-order valence-electron chi connectivity index (χ2n) is 8.19. The molecule has 0 saturated carbocycles. The Morgan fingerprint density at radius 1 is 1.05 bits per heavy atom. The summed E-state index contributed by atoms with van der Waals surface area (Å²) in [4.78, 5) is 51.2. The van der Waals surface area contributed by atoms with E-state index in [2.05, 4.69) is 0 Å². The molecule has 0 amide bonds.